The lowest BCUT2D eigenvalue weighted by molar-refractivity contribution is 0.0687. The van der Waals surface area contributed by atoms with Crippen molar-refractivity contribution in [1.82, 2.24) is 10.2 Å². The molecule has 2 heteroatoms. The first-order valence-electron chi connectivity index (χ1n) is 6.41. The van der Waals surface area contributed by atoms with Gasteiger partial charge in [-0.05, 0) is 45.2 Å². The van der Waals surface area contributed by atoms with Crippen molar-refractivity contribution in [3.05, 3.63) is 0 Å². The smallest absolute Gasteiger partial charge is 0.0221 e. The van der Waals surface area contributed by atoms with Crippen molar-refractivity contribution in [1.29, 1.82) is 0 Å². The molecule has 0 aliphatic carbocycles. The first kappa shape index (κ1) is 13.0. The Morgan fingerprint density at radius 3 is 2.53 bits per heavy atom. The Kier molecular flexibility index (Phi) is 4.60. The molecule has 1 aliphatic rings. The number of nitrogens with one attached hydrogen (secondary N) is 1. The number of nitrogens with zero attached hydrogens (tertiary/aromatic N) is 1. The third kappa shape index (κ3) is 3.46. The third-order valence-electron chi connectivity index (χ3n) is 3.90. The van der Waals surface area contributed by atoms with E-state index in [1.54, 1.807) is 0 Å². The van der Waals surface area contributed by atoms with Crippen molar-refractivity contribution in [3.8, 4) is 0 Å². The van der Waals surface area contributed by atoms with E-state index in [2.05, 4.69) is 45.0 Å². The second-order valence-electron chi connectivity index (χ2n) is 5.78. The van der Waals surface area contributed by atoms with Gasteiger partial charge in [0, 0.05) is 18.6 Å². The van der Waals surface area contributed by atoms with Gasteiger partial charge in [-0.15, -0.1) is 0 Å². The van der Waals surface area contributed by atoms with Gasteiger partial charge in [-0.2, -0.15) is 0 Å². The lowest BCUT2D eigenvalue weighted by Gasteiger charge is -2.43. The zero-order chi connectivity index (χ0) is 11.5. The highest BCUT2D eigenvalue weighted by atomic mass is 15.2. The summed E-state index contributed by atoms with van der Waals surface area (Å²) in [4.78, 5) is 2.66. The van der Waals surface area contributed by atoms with Gasteiger partial charge in [0.2, 0.25) is 0 Å². The Balaban J connectivity index is 2.55. The minimum absolute atomic E-state index is 0.512. The van der Waals surface area contributed by atoms with E-state index in [1.807, 2.05) is 0 Å². The highest BCUT2D eigenvalue weighted by molar-refractivity contribution is 4.86. The minimum atomic E-state index is 0.512. The van der Waals surface area contributed by atoms with Crippen LogP contribution in [0.5, 0.6) is 0 Å². The largest absolute Gasteiger partial charge is 0.315 e. The number of likely N-dealkylation sites (N-methyl/N-ethyl adjacent to an activating group) is 1. The summed E-state index contributed by atoms with van der Waals surface area (Å²) in [6.07, 6.45) is 3.96. The maximum Gasteiger partial charge on any atom is 0.0221 e. The molecule has 1 fully saturated rings. The summed E-state index contributed by atoms with van der Waals surface area (Å²) in [7, 11) is 2.08. The van der Waals surface area contributed by atoms with E-state index < -0.39 is 0 Å². The van der Waals surface area contributed by atoms with Gasteiger partial charge in [-0.25, -0.2) is 0 Å². The fourth-order valence-electron chi connectivity index (χ4n) is 2.86. The number of piperidine rings is 1. The van der Waals surface area contributed by atoms with E-state index in [-0.39, 0.29) is 0 Å². The van der Waals surface area contributed by atoms with Gasteiger partial charge in [-0.1, -0.05) is 20.8 Å². The average Bonchev–Trinajstić information content (AvgIpc) is 2.18. The van der Waals surface area contributed by atoms with Crippen LogP contribution in [0.4, 0.5) is 0 Å². The predicted molar refractivity (Wildman–Crippen MR) is 67.2 cm³/mol. The minimum Gasteiger partial charge on any atom is -0.315 e. The van der Waals surface area contributed by atoms with Crippen molar-refractivity contribution in [2.75, 3.05) is 20.1 Å². The fraction of sp³-hybridized carbons (Fsp3) is 1.00. The van der Waals surface area contributed by atoms with Crippen LogP contribution in [0.1, 0.15) is 47.0 Å². The molecule has 90 valence electrons. The highest BCUT2D eigenvalue weighted by Gasteiger charge is 2.30. The van der Waals surface area contributed by atoms with Gasteiger partial charge >= 0.3 is 0 Å². The SMILES string of the molecule is CCC(NC)C(C)N1CCCC(C)(C)C1. The first-order valence-corrected chi connectivity index (χ1v) is 6.41. The lowest BCUT2D eigenvalue weighted by atomic mass is 9.83. The van der Waals surface area contributed by atoms with Gasteiger partial charge in [0.25, 0.3) is 0 Å². The van der Waals surface area contributed by atoms with Crippen molar-refractivity contribution in [2.24, 2.45) is 5.41 Å². The average molecular weight is 212 g/mol. The molecule has 1 aliphatic heterocycles. The Hall–Kier alpha value is -0.0800. The molecule has 0 saturated carbocycles. The molecule has 1 heterocycles. The summed E-state index contributed by atoms with van der Waals surface area (Å²) >= 11 is 0. The van der Waals surface area contributed by atoms with Crippen LogP contribution >= 0.6 is 0 Å². The van der Waals surface area contributed by atoms with E-state index in [1.165, 1.54) is 32.4 Å². The Morgan fingerprint density at radius 2 is 2.07 bits per heavy atom. The first-order chi connectivity index (χ1) is 7.00. The van der Waals surface area contributed by atoms with Gasteiger partial charge in [-0.3, -0.25) is 4.90 Å². The van der Waals surface area contributed by atoms with E-state index in [4.69, 9.17) is 0 Å². The van der Waals surface area contributed by atoms with Crippen molar-refractivity contribution in [3.63, 3.8) is 0 Å². The molecule has 1 saturated heterocycles. The molecule has 0 amide bonds. The summed E-state index contributed by atoms with van der Waals surface area (Å²) in [5.74, 6) is 0. The molecular formula is C13H28N2. The van der Waals surface area contributed by atoms with Crippen LogP contribution in [0.15, 0.2) is 0 Å². The maximum atomic E-state index is 3.43. The van der Waals surface area contributed by atoms with E-state index in [0.717, 1.165) is 0 Å². The quantitative estimate of drug-likeness (QED) is 0.770. The molecule has 0 bridgehead atoms. The van der Waals surface area contributed by atoms with Gasteiger partial charge < -0.3 is 5.32 Å². The fourth-order valence-corrected chi connectivity index (χ4v) is 2.86. The van der Waals surface area contributed by atoms with Crippen molar-refractivity contribution >= 4 is 0 Å². The summed E-state index contributed by atoms with van der Waals surface area (Å²) in [6.45, 7) is 12.0. The monoisotopic (exact) mass is 212 g/mol. The molecule has 0 spiro atoms. The van der Waals surface area contributed by atoms with E-state index in [9.17, 15) is 0 Å². The molecule has 0 aromatic rings. The van der Waals surface area contributed by atoms with Crippen LogP contribution in [0.2, 0.25) is 0 Å². The highest BCUT2D eigenvalue weighted by Crippen LogP contribution is 2.30. The van der Waals surface area contributed by atoms with Gasteiger partial charge in [0.05, 0.1) is 0 Å². The molecular weight excluding hydrogens is 184 g/mol. The van der Waals surface area contributed by atoms with Crippen LogP contribution in [0, 0.1) is 5.41 Å². The summed E-state index contributed by atoms with van der Waals surface area (Å²) < 4.78 is 0. The second kappa shape index (κ2) is 5.31. The number of likely N-dealkylation sites (tertiary alicyclic amines) is 1. The molecule has 15 heavy (non-hydrogen) atoms. The number of rotatable bonds is 4. The molecule has 0 aromatic carbocycles. The van der Waals surface area contributed by atoms with Crippen molar-refractivity contribution in [2.45, 2.75) is 59.0 Å². The molecule has 0 radical (unpaired) electrons. The maximum absolute atomic E-state index is 3.43. The number of hydrogen-bond acceptors (Lipinski definition) is 2. The molecule has 1 N–H and O–H groups in total. The van der Waals surface area contributed by atoms with Gasteiger partial charge in [0.15, 0.2) is 0 Å². The third-order valence-corrected chi connectivity index (χ3v) is 3.90. The standard InChI is InChI=1S/C13H28N2/c1-6-12(14-5)11(2)15-9-7-8-13(3,4)10-15/h11-12,14H,6-10H2,1-5H3. The molecule has 2 atom stereocenters. The van der Waals surface area contributed by atoms with Crippen LogP contribution < -0.4 is 5.32 Å². The second-order valence-corrected chi connectivity index (χ2v) is 5.78. The van der Waals surface area contributed by atoms with Crippen LogP contribution in [0.3, 0.4) is 0 Å². The lowest BCUT2D eigenvalue weighted by Crippen LogP contribution is -2.52. The summed E-state index contributed by atoms with van der Waals surface area (Å²) in [5, 5.41) is 3.43. The Morgan fingerprint density at radius 1 is 1.40 bits per heavy atom. The normalized spacial score (nSPS) is 26.2. The molecule has 2 unspecified atom stereocenters. The van der Waals surface area contributed by atoms with Crippen LogP contribution in [0.25, 0.3) is 0 Å². The predicted octanol–water partition coefficient (Wildman–Crippen LogP) is 2.49. The van der Waals surface area contributed by atoms with Crippen molar-refractivity contribution < 1.29 is 0 Å². The van der Waals surface area contributed by atoms with E-state index >= 15 is 0 Å². The molecule has 2 nitrogen and oxygen atoms in total. The van der Waals surface area contributed by atoms with Gasteiger partial charge in [0.1, 0.15) is 0 Å². The van der Waals surface area contributed by atoms with Crippen LogP contribution in [-0.2, 0) is 0 Å². The molecule has 1 rings (SSSR count). The zero-order valence-electron chi connectivity index (χ0n) is 11.1. The topological polar surface area (TPSA) is 15.3 Å². The van der Waals surface area contributed by atoms with E-state index in [0.29, 0.717) is 17.5 Å². The zero-order valence-corrected chi connectivity index (χ0v) is 11.1. The van der Waals surface area contributed by atoms with Crippen LogP contribution in [-0.4, -0.2) is 37.1 Å². The number of hydrogen-bond donors (Lipinski definition) is 1. The Bertz CT molecular complexity index is 185. The Labute approximate surface area is 95.4 Å². The summed E-state index contributed by atoms with van der Waals surface area (Å²) in [5.41, 5.74) is 0.512. The molecule has 0 aromatic heterocycles. The summed E-state index contributed by atoms with van der Waals surface area (Å²) in [6, 6.07) is 1.30.